The van der Waals surface area contributed by atoms with E-state index in [0.717, 1.165) is 12.1 Å². The van der Waals surface area contributed by atoms with Crippen molar-refractivity contribution in [3.8, 4) is 5.75 Å². The van der Waals surface area contributed by atoms with Gasteiger partial charge in [-0.3, -0.25) is 0 Å². The SMILES string of the molecule is CC(C)(C)c1nc2cc(F)c(OC(F)(F)F)cc2o1. The van der Waals surface area contributed by atoms with Gasteiger partial charge < -0.3 is 9.15 Å². The van der Waals surface area contributed by atoms with Gasteiger partial charge in [-0.05, 0) is 0 Å². The van der Waals surface area contributed by atoms with Crippen LogP contribution in [0.25, 0.3) is 11.1 Å². The molecular formula is C12H11F4NO2. The lowest BCUT2D eigenvalue weighted by Gasteiger charge is -2.11. The second-order valence-corrected chi connectivity index (χ2v) is 5.07. The number of rotatable bonds is 1. The van der Waals surface area contributed by atoms with E-state index < -0.39 is 23.3 Å². The lowest BCUT2D eigenvalue weighted by atomic mass is 9.97. The molecule has 7 heteroatoms. The molecule has 3 nitrogen and oxygen atoms in total. The Bertz CT molecular complexity index is 610. The average molecular weight is 277 g/mol. The number of fused-ring (bicyclic) bond motifs is 1. The van der Waals surface area contributed by atoms with E-state index in [9.17, 15) is 17.6 Å². The molecule has 0 unspecified atom stereocenters. The Hall–Kier alpha value is -1.79. The van der Waals surface area contributed by atoms with Gasteiger partial charge in [-0.2, -0.15) is 0 Å². The Morgan fingerprint density at radius 2 is 1.79 bits per heavy atom. The Kier molecular flexibility index (Phi) is 2.95. The smallest absolute Gasteiger partial charge is 0.440 e. The summed E-state index contributed by atoms with van der Waals surface area (Å²) < 4.78 is 58.6. The van der Waals surface area contributed by atoms with E-state index in [0.29, 0.717) is 5.89 Å². The molecule has 0 saturated carbocycles. The molecule has 0 bridgehead atoms. The Morgan fingerprint density at radius 3 is 2.32 bits per heavy atom. The molecule has 1 heterocycles. The second-order valence-electron chi connectivity index (χ2n) is 5.07. The van der Waals surface area contributed by atoms with Crippen LogP contribution in [0.1, 0.15) is 26.7 Å². The topological polar surface area (TPSA) is 35.3 Å². The number of hydrogen-bond donors (Lipinski definition) is 0. The second kappa shape index (κ2) is 4.11. The number of aromatic nitrogens is 1. The van der Waals surface area contributed by atoms with E-state index in [1.165, 1.54) is 0 Å². The number of nitrogens with zero attached hydrogens (tertiary/aromatic N) is 1. The molecule has 0 saturated heterocycles. The minimum atomic E-state index is -4.96. The summed E-state index contributed by atoms with van der Waals surface area (Å²) in [7, 11) is 0. The molecule has 19 heavy (non-hydrogen) atoms. The first-order chi connectivity index (χ1) is 8.56. The van der Waals surface area contributed by atoms with E-state index in [1.54, 1.807) is 0 Å². The van der Waals surface area contributed by atoms with Crippen LogP contribution in [-0.4, -0.2) is 11.3 Å². The lowest BCUT2D eigenvalue weighted by Crippen LogP contribution is -2.17. The molecule has 0 fully saturated rings. The van der Waals surface area contributed by atoms with Gasteiger partial charge in [0.1, 0.15) is 5.52 Å². The van der Waals surface area contributed by atoms with Gasteiger partial charge in [0.05, 0.1) is 0 Å². The van der Waals surface area contributed by atoms with Crippen molar-refractivity contribution >= 4 is 11.1 Å². The maximum atomic E-state index is 13.4. The molecule has 0 aliphatic rings. The minimum Gasteiger partial charge on any atom is -0.440 e. The quantitative estimate of drug-likeness (QED) is 0.734. The highest BCUT2D eigenvalue weighted by atomic mass is 19.4. The summed E-state index contributed by atoms with van der Waals surface area (Å²) in [5, 5.41) is 0. The van der Waals surface area contributed by atoms with Gasteiger partial charge in [-0.25, -0.2) is 9.37 Å². The van der Waals surface area contributed by atoms with Crippen molar-refractivity contribution in [3.63, 3.8) is 0 Å². The van der Waals surface area contributed by atoms with Gasteiger partial charge in [-0.1, -0.05) is 20.8 Å². The number of ether oxygens (including phenoxy) is 1. The third kappa shape index (κ3) is 2.97. The zero-order valence-electron chi connectivity index (χ0n) is 10.4. The predicted octanol–water partition coefficient (Wildman–Crippen LogP) is 4.16. The van der Waals surface area contributed by atoms with E-state index in [2.05, 4.69) is 9.72 Å². The maximum Gasteiger partial charge on any atom is 0.573 e. The normalized spacial score (nSPS) is 13.0. The number of halogens is 4. The highest BCUT2D eigenvalue weighted by Gasteiger charge is 2.33. The fourth-order valence-electron chi connectivity index (χ4n) is 1.45. The zero-order valence-corrected chi connectivity index (χ0v) is 10.4. The van der Waals surface area contributed by atoms with Crippen LogP contribution in [0.5, 0.6) is 5.75 Å². The van der Waals surface area contributed by atoms with Crippen LogP contribution in [0.3, 0.4) is 0 Å². The zero-order chi connectivity index (χ0) is 14.4. The van der Waals surface area contributed by atoms with Gasteiger partial charge in [0.15, 0.2) is 17.1 Å². The summed E-state index contributed by atoms with van der Waals surface area (Å²) in [4.78, 5) is 4.04. The van der Waals surface area contributed by atoms with Gasteiger partial charge in [0.25, 0.3) is 0 Å². The Balaban J connectivity index is 2.50. The molecule has 1 aromatic heterocycles. The summed E-state index contributed by atoms with van der Waals surface area (Å²) in [6.07, 6.45) is -4.96. The first kappa shape index (κ1) is 13.6. The average Bonchev–Trinajstić information content (AvgIpc) is 2.58. The van der Waals surface area contributed by atoms with Crippen LogP contribution < -0.4 is 4.74 Å². The molecule has 0 radical (unpaired) electrons. The van der Waals surface area contributed by atoms with Gasteiger partial charge in [0, 0.05) is 17.5 Å². The third-order valence-electron chi connectivity index (χ3n) is 2.31. The van der Waals surface area contributed by atoms with Crippen molar-refractivity contribution in [2.24, 2.45) is 0 Å². The molecule has 0 atom stereocenters. The van der Waals surface area contributed by atoms with E-state index in [4.69, 9.17) is 4.42 Å². The molecule has 2 rings (SSSR count). The summed E-state index contributed by atoms with van der Waals surface area (Å²) in [6, 6.07) is 1.70. The Labute approximate surface area is 106 Å². The highest BCUT2D eigenvalue weighted by Crippen LogP contribution is 2.32. The molecule has 2 aromatic rings. The third-order valence-corrected chi connectivity index (χ3v) is 2.31. The van der Waals surface area contributed by atoms with Crippen LogP contribution in [-0.2, 0) is 5.41 Å². The van der Waals surface area contributed by atoms with Crippen LogP contribution in [0.4, 0.5) is 17.6 Å². The minimum absolute atomic E-state index is 0.0468. The van der Waals surface area contributed by atoms with Crippen LogP contribution in [0, 0.1) is 5.82 Å². The fraction of sp³-hybridized carbons (Fsp3) is 0.417. The number of benzene rings is 1. The first-order valence-corrected chi connectivity index (χ1v) is 5.42. The fourth-order valence-corrected chi connectivity index (χ4v) is 1.45. The summed E-state index contributed by atoms with van der Waals surface area (Å²) in [5.74, 6) is -1.76. The molecule has 0 aliphatic heterocycles. The lowest BCUT2D eigenvalue weighted by molar-refractivity contribution is -0.275. The molecule has 104 valence electrons. The van der Waals surface area contributed by atoms with E-state index >= 15 is 0 Å². The van der Waals surface area contributed by atoms with E-state index in [-0.39, 0.29) is 11.1 Å². The number of oxazole rings is 1. The molecule has 0 aliphatic carbocycles. The summed E-state index contributed by atoms with van der Waals surface area (Å²) in [6.45, 7) is 5.46. The van der Waals surface area contributed by atoms with Crippen LogP contribution in [0.2, 0.25) is 0 Å². The van der Waals surface area contributed by atoms with Crippen molar-refractivity contribution in [3.05, 3.63) is 23.8 Å². The van der Waals surface area contributed by atoms with Crippen molar-refractivity contribution in [2.45, 2.75) is 32.5 Å². The van der Waals surface area contributed by atoms with Crippen LogP contribution in [0.15, 0.2) is 16.5 Å². The van der Waals surface area contributed by atoms with Crippen molar-refractivity contribution in [1.29, 1.82) is 0 Å². The first-order valence-electron chi connectivity index (χ1n) is 5.42. The van der Waals surface area contributed by atoms with Gasteiger partial charge in [-0.15, -0.1) is 13.2 Å². The highest BCUT2D eigenvalue weighted by molar-refractivity contribution is 5.74. The molecule has 1 aromatic carbocycles. The van der Waals surface area contributed by atoms with Gasteiger partial charge >= 0.3 is 6.36 Å². The van der Waals surface area contributed by atoms with Crippen LogP contribution >= 0.6 is 0 Å². The Morgan fingerprint density at radius 1 is 1.16 bits per heavy atom. The van der Waals surface area contributed by atoms with E-state index in [1.807, 2.05) is 20.8 Å². The summed E-state index contributed by atoms with van der Waals surface area (Å²) in [5.41, 5.74) is -0.233. The largest absolute Gasteiger partial charge is 0.573 e. The van der Waals surface area contributed by atoms with Crippen molar-refractivity contribution in [1.82, 2.24) is 4.98 Å². The summed E-state index contributed by atoms with van der Waals surface area (Å²) >= 11 is 0. The molecule has 0 spiro atoms. The van der Waals surface area contributed by atoms with Gasteiger partial charge in [0.2, 0.25) is 5.89 Å². The maximum absolute atomic E-state index is 13.4. The molecule has 0 N–H and O–H groups in total. The van der Waals surface area contributed by atoms with Crippen molar-refractivity contribution in [2.75, 3.05) is 0 Å². The molecular weight excluding hydrogens is 266 g/mol. The molecule has 0 amide bonds. The van der Waals surface area contributed by atoms with Crippen molar-refractivity contribution < 1.29 is 26.7 Å². The predicted molar refractivity (Wildman–Crippen MR) is 59.4 cm³/mol. The monoisotopic (exact) mass is 277 g/mol. The number of hydrogen-bond acceptors (Lipinski definition) is 3. The standard InChI is InChI=1S/C12H11F4NO2/c1-11(2,3)10-17-7-4-6(13)8(5-9(7)18-10)19-12(14,15)16/h4-5H,1-3H3. The number of alkyl halides is 3.